The molecule has 1 aliphatic rings. The average molecular weight is 579 g/mol. The van der Waals surface area contributed by atoms with Crippen molar-refractivity contribution in [3.8, 4) is 5.75 Å². The van der Waals surface area contributed by atoms with Crippen LogP contribution in [0.1, 0.15) is 33.3 Å². The number of carbonyl (C=O) groups is 4. The molecule has 0 amide bonds. The lowest BCUT2D eigenvalue weighted by Crippen LogP contribution is -2.75. The van der Waals surface area contributed by atoms with Gasteiger partial charge in [0, 0.05) is 31.3 Å². The number of ether oxygens (including phenoxy) is 6. The van der Waals surface area contributed by atoms with Crippen LogP contribution in [-0.2, 0) is 42.9 Å². The number of carbonyl (C=O) groups excluding carboxylic acids is 4. The first-order chi connectivity index (χ1) is 15.3. The van der Waals surface area contributed by atoms with E-state index < -0.39 is 54.2 Å². The molecule has 0 radical (unpaired) electrons. The lowest BCUT2D eigenvalue weighted by atomic mass is 9.93. The smallest absolute Gasteiger partial charge is 0.304 e. The molecular weight excluding hydrogens is 553 g/mol. The zero-order chi connectivity index (χ0) is 24.9. The molecule has 1 aliphatic heterocycles. The Labute approximate surface area is 204 Å². The molecule has 0 bridgehead atoms. The number of halogens is 1. The maximum absolute atomic E-state index is 12.0. The fourth-order valence-corrected chi connectivity index (χ4v) is 3.91. The summed E-state index contributed by atoms with van der Waals surface area (Å²) in [5.74, 6) is -2.66. The Hall–Kier alpha value is -2.45. The van der Waals surface area contributed by atoms with Crippen molar-refractivity contribution in [2.75, 3.05) is 6.61 Å². The summed E-state index contributed by atoms with van der Waals surface area (Å²) in [5, 5.41) is 0. The van der Waals surface area contributed by atoms with Crippen LogP contribution in [-0.4, -0.2) is 60.8 Å². The number of aryl methyl sites for hydroxylation is 1. The summed E-state index contributed by atoms with van der Waals surface area (Å²) in [6.45, 7) is 5.91. The predicted octanol–water partition coefficient (Wildman–Crippen LogP) is 1.35. The van der Waals surface area contributed by atoms with Crippen molar-refractivity contribution in [3.63, 3.8) is 0 Å². The minimum Gasteiger partial charge on any atom is -0.463 e. The van der Waals surface area contributed by atoms with Crippen molar-refractivity contribution in [3.05, 3.63) is 27.3 Å². The van der Waals surface area contributed by atoms with Gasteiger partial charge in [0.05, 0.1) is 0 Å². The molecule has 0 saturated carbocycles. The molecule has 12 heteroatoms. The Morgan fingerprint density at radius 3 is 2.18 bits per heavy atom. The Morgan fingerprint density at radius 1 is 1.03 bits per heavy atom. The molecule has 1 saturated heterocycles. The van der Waals surface area contributed by atoms with Crippen molar-refractivity contribution in [1.29, 1.82) is 0 Å². The SMILES string of the molecule is CC(=O)OC[C@H]1O[C@H](Oc2ccc(I)cc2C)[C@@](N)(OC(C)=O)[C@@H](OC(C)=O)[C@@H]1OC(C)=O. The predicted molar refractivity (Wildman–Crippen MR) is 120 cm³/mol. The molecule has 1 heterocycles. The minimum atomic E-state index is -2.22. The first kappa shape index (κ1) is 26.8. The van der Waals surface area contributed by atoms with Crippen LogP contribution < -0.4 is 10.5 Å². The zero-order valence-electron chi connectivity index (χ0n) is 18.8. The van der Waals surface area contributed by atoms with Crippen molar-refractivity contribution < 1.29 is 47.6 Å². The minimum absolute atomic E-state index is 0.348. The van der Waals surface area contributed by atoms with E-state index in [0.717, 1.165) is 29.9 Å². The van der Waals surface area contributed by atoms with E-state index in [-0.39, 0.29) is 6.61 Å². The summed E-state index contributed by atoms with van der Waals surface area (Å²) >= 11 is 2.13. The molecule has 33 heavy (non-hydrogen) atoms. The van der Waals surface area contributed by atoms with Gasteiger partial charge in [-0.25, -0.2) is 0 Å². The van der Waals surface area contributed by atoms with E-state index in [1.54, 1.807) is 19.1 Å². The number of esters is 4. The maximum atomic E-state index is 12.0. The summed E-state index contributed by atoms with van der Waals surface area (Å²) in [6.07, 6.45) is -5.63. The van der Waals surface area contributed by atoms with Crippen molar-refractivity contribution in [1.82, 2.24) is 0 Å². The molecular formula is C21H26INO10. The number of rotatable bonds is 7. The Morgan fingerprint density at radius 2 is 1.67 bits per heavy atom. The molecule has 1 fully saturated rings. The van der Waals surface area contributed by atoms with Crippen molar-refractivity contribution in [2.24, 2.45) is 5.73 Å². The summed E-state index contributed by atoms with van der Waals surface area (Å²) in [5.41, 5.74) is 4.94. The van der Waals surface area contributed by atoms with E-state index in [9.17, 15) is 19.2 Å². The monoisotopic (exact) mass is 579 g/mol. The first-order valence-electron chi connectivity index (χ1n) is 9.88. The van der Waals surface area contributed by atoms with Gasteiger partial charge in [-0.1, -0.05) is 0 Å². The maximum Gasteiger partial charge on any atom is 0.304 e. The summed E-state index contributed by atoms with van der Waals surface area (Å²) in [6, 6.07) is 5.27. The van der Waals surface area contributed by atoms with Crippen molar-refractivity contribution in [2.45, 2.75) is 64.9 Å². The Balaban J connectivity index is 2.57. The van der Waals surface area contributed by atoms with Crippen LogP contribution in [0.25, 0.3) is 0 Å². The van der Waals surface area contributed by atoms with Crippen LogP contribution in [0, 0.1) is 10.5 Å². The van der Waals surface area contributed by atoms with E-state index in [0.29, 0.717) is 5.75 Å². The first-order valence-corrected chi connectivity index (χ1v) is 11.0. The molecule has 0 spiro atoms. The summed E-state index contributed by atoms with van der Waals surface area (Å²) in [7, 11) is 0. The highest BCUT2D eigenvalue weighted by Crippen LogP contribution is 2.36. The van der Waals surface area contributed by atoms with Crippen LogP contribution in [0.15, 0.2) is 18.2 Å². The van der Waals surface area contributed by atoms with Crippen molar-refractivity contribution >= 4 is 46.5 Å². The lowest BCUT2D eigenvalue weighted by Gasteiger charge is -2.49. The topological polar surface area (TPSA) is 150 Å². The van der Waals surface area contributed by atoms with Gasteiger partial charge < -0.3 is 28.4 Å². The molecule has 1 aromatic carbocycles. The zero-order valence-corrected chi connectivity index (χ0v) is 20.9. The van der Waals surface area contributed by atoms with Gasteiger partial charge in [-0.2, -0.15) is 0 Å². The summed E-state index contributed by atoms with van der Waals surface area (Å²) < 4.78 is 33.8. The number of nitrogens with two attached hydrogens (primary N) is 1. The third-order valence-corrected chi connectivity index (χ3v) is 5.18. The highest BCUT2D eigenvalue weighted by atomic mass is 127. The van der Waals surface area contributed by atoms with Gasteiger partial charge in [0.1, 0.15) is 18.5 Å². The van der Waals surface area contributed by atoms with Gasteiger partial charge in [-0.15, -0.1) is 0 Å². The molecule has 2 rings (SSSR count). The molecule has 0 aliphatic carbocycles. The fourth-order valence-electron chi connectivity index (χ4n) is 3.26. The van der Waals surface area contributed by atoms with E-state index in [2.05, 4.69) is 22.6 Å². The van der Waals surface area contributed by atoms with Crippen LogP contribution >= 0.6 is 22.6 Å². The Bertz CT molecular complexity index is 922. The fraction of sp³-hybridized carbons (Fsp3) is 0.524. The van der Waals surface area contributed by atoms with Gasteiger partial charge in [0.2, 0.25) is 6.10 Å². The van der Waals surface area contributed by atoms with E-state index in [1.807, 2.05) is 6.07 Å². The third-order valence-electron chi connectivity index (χ3n) is 4.51. The largest absolute Gasteiger partial charge is 0.463 e. The normalized spacial score (nSPS) is 26.6. The molecule has 1 aromatic rings. The Kier molecular flexibility index (Phi) is 9.03. The standard InChI is InChI=1S/C21H26INO10/c1-10-8-15(22)6-7-16(10)31-20-21(23,33-14(5)27)19(30-13(4)26)18(29-12(3)25)17(32-20)9-28-11(2)24/h6-8,17-20H,9,23H2,1-5H3/t17-,18-,19+,20+,21+/m1/s1. The number of benzene rings is 1. The van der Waals surface area contributed by atoms with Crippen LogP contribution in [0.3, 0.4) is 0 Å². The van der Waals surface area contributed by atoms with E-state index in [1.165, 1.54) is 6.92 Å². The van der Waals surface area contributed by atoms with Gasteiger partial charge in [0.25, 0.3) is 12.0 Å². The van der Waals surface area contributed by atoms with Gasteiger partial charge in [-0.05, 0) is 53.3 Å². The second-order valence-corrected chi connectivity index (χ2v) is 8.63. The third kappa shape index (κ3) is 7.01. The molecule has 2 N–H and O–H groups in total. The number of hydrogen-bond acceptors (Lipinski definition) is 11. The molecule has 182 valence electrons. The quantitative estimate of drug-likeness (QED) is 0.216. The molecule has 0 unspecified atom stereocenters. The van der Waals surface area contributed by atoms with Crippen LogP contribution in [0.2, 0.25) is 0 Å². The molecule has 0 aromatic heterocycles. The van der Waals surface area contributed by atoms with Crippen LogP contribution in [0.5, 0.6) is 5.75 Å². The number of hydrogen-bond donors (Lipinski definition) is 1. The second kappa shape index (κ2) is 11.1. The summed E-state index contributed by atoms with van der Waals surface area (Å²) in [4.78, 5) is 47.1. The van der Waals surface area contributed by atoms with Crippen LogP contribution in [0.4, 0.5) is 0 Å². The molecule has 5 atom stereocenters. The van der Waals surface area contributed by atoms with E-state index >= 15 is 0 Å². The van der Waals surface area contributed by atoms with Gasteiger partial charge in [-0.3, -0.25) is 24.9 Å². The lowest BCUT2D eigenvalue weighted by molar-refractivity contribution is -0.325. The van der Waals surface area contributed by atoms with E-state index in [4.69, 9.17) is 34.2 Å². The highest BCUT2D eigenvalue weighted by Gasteiger charge is 2.62. The highest BCUT2D eigenvalue weighted by molar-refractivity contribution is 14.1. The second-order valence-electron chi connectivity index (χ2n) is 7.39. The molecule has 11 nitrogen and oxygen atoms in total. The van der Waals surface area contributed by atoms with Gasteiger partial charge in [0.15, 0.2) is 6.10 Å². The van der Waals surface area contributed by atoms with Gasteiger partial charge >= 0.3 is 23.9 Å². The average Bonchev–Trinajstić information content (AvgIpc) is 2.66.